The second kappa shape index (κ2) is 49.0. The van der Waals surface area contributed by atoms with Crippen LogP contribution in [0, 0.1) is 39.5 Å². The predicted molar refractivity (Wildman–Crippen MR) is 493 cm³/mol. The van der Waals surface area contributed by atoms with E-state index in [2.05, 4.69) is 84.8 Å². The summed E-state index contributed by atoms with van der Waals surface area (Å²) in [7, 11) is 1.81. The lowest BCUT2D eigenvalue weighted by molar-refractivity contribution is 0.0927. The summed E-state index contributed by atoms with van der Waals surface area (Å²) < 4.78 is 35.6. The van der Waals surface area contributed by atoms with Gasteiger partial charge in [0.1, 0.15) is 104 Å². The number of Topliss-reactive ketones (excluding diaryl/α,β-unsaturated/α-hetero) is 6. The Morgan fingerprint density at radius 1 is 0.301 bits per heavy atom. The van der Waals surface area contributed by atoms with E-state index in [-0.39, 0.29) is 54.0 Å². The monoisotopic (exact) mass is 1770 g/mol. The first kappa shape index (κ1) is 93.8. The van der Waals surface area contributed by atoms with Gasteiger partial charge in [0.05, 0.1) is 74.5 Å². The molecule has 18 rings (SSSR count). The third-order valence-corrected chi connectivity index (χ3v) is 20.4. The molecular formula is C103H94N18O12. The minimum atomic E-state index is -0.113. The number of hydrogen-bond acceptors (Lipinski definition) is 29. The van der Waals surface area contributed by atoms with Crippen LogP contribution in [-0.4, -0.2) is 124 Å². The standard InChI is InChI=1S/C19H16N2O2.C18H16N4O2.C17H14N4O2.C17H18N2O2.C16H14N4O2.C16H16N2O2/c1-14-4-2-5-15(10-14)11-19(22)18-12-16(7-9-21-18)23-17-6-3-8-20-13-17;1-12-5-14(22-8-13(12)2)6-18(23)17-7-15(3-4-21-17)24-16-9-19-11-20-10-16;1-12-3-2-4-13(21-12)7-17(22)16-8-14(5-6-20-16)23-15-9-18-11-19-10-15;20-17(10-13-4-1-2-5-13)16-11-14(7-9-19-16)21-15-6-3-8-18-12-15;1-20-8-5-12(19-20)9-16(21)15-10-13(4-7-18-15)22-14-3-2-6-17-11-14;19-16(9-12-3-1-4-12)15-10-13(6-8-18-15)20-14-5-2-7-17-11-14/h2-10,12-13H,11H2,1H3;3-5,7-11H,6H2,1-2H3;2-6,8-11H,7H2,1H3;3,6-9,11-13H,1-2,4-5,10H2;2-8,10-11H,9H2,1H3;2,5-8,10-12H,1,3-4,9H2. The number of nitrogens with zero attached hydrogens (tertiary/aromatic N) is 18. The zero-order chi connectivity index (χ0) is 92.7. The van der Waals surface area contributed by atoms with E-state index in [9.17, 15) is 28.8 Å². The highest BCUT2D eigenvalue weighted by Gasteiger charge is 2.24. The Kier molecular flexibility index (Phi) is 34.5. The molecule has 0 atom stereocenters. The zero-order valence-corrected chi connectivity index (χ0v) is 73.7. The van der Waals surface area contributed by atoms with Crippen molar-refractivity contribution < 1.29 is 57.2 Å². The minimum absolute atomic E-state index is 0.0350. The number of ketones is 6. The van der Waals surface area contributed by atoms with Crippen LogP contribution in [-0.2, 0) is 32.7 Å². The van der Waals surface area contributed by atoms with Crippen LogP contribution in [0.5, 0.6) is 69.0 Å². The minimum Gasteiger partial charge on any atom is -0.456 e. The molecule has 16 aromatic rings. The maximum atomic E-state index is 12.4. The molecule has 0 bridgehead atoms. The van der Waals surface area contributed by atoms with Crippen LogP contribution < -0.4 is 28.4 Å². The van der Waals surface area contributed by atoms with Crippen LogP contribution in [0.2, 0.25) is 0 Å². The smallest absolute Gasteiger partial charge is 0.187 e. The van der Waals surface area contributed by atoms with Gasteiger partial charge in [0.2, 0.25) is 0 Å². The van der Waals surface area contributed by atoms with E-state index < -0.39 is 0 Å². The number of ether oxygens (including phenoxy) is 6. The number of hydrogen-bond donors (Lipinski definition) is 0. The molecule has 0 amide bonds. The van der Waals surface area contributed by atoms with Gasteiger partial charge >= 0.3 is 0 Å². The number of rotatable bonds is 30. The maximum Gasteiger partial charge on any atom is 0.187 e. The molecule has 0 aliphatic heterocycles. The fourth-order valence-corrected chi connectivity index (χ4v) is 13.4. The van der Waals surface area contributed by atoms with Gasteiger partial charge in [-0.25, -0.2) is 19.9 Å². The van der Waals surface area contributed by atoms with Gasteiger partial charge < -0.3 is 28.4 Å². The molecule has 133 heavy (non-hydrogen) atoms. The molecule has 2 aliphatic rings. The largest absolute Gasteiger partial charge is 0.456 e. The first-order chi connectivity index (χ1) is 64.8. The van der Waals surface area contributed by atoms with Crippen molar-refractivity contribution >= 4 is 34.7 Å². The third kappa shape index (κ3) is 31.0. The molecule has 668 valence electrons. The number of pyridine rings is 12. The highest BCUT2D eigenvalue weighted by molar-refractivity contribution is 5.98. The molecule has 1 aromatic carbocycles. The summed E-state index contributed by atoms with van der Waals surface area (Å²) in [4.78, 5) is 139. The first-order valence-corrected chi connectivity index (χ1v) is 42.9. The molecule has 0 spiro atoms. The summed E-state index contributed by atoms with van der Waals surface area (Å²) in [6.45, 7) is 7.89. The van der Waals surface area contributed by atoms with Crippen LogP contribution in [0.4, 0.5) is 0 Å². The number of aromatic nitrogens is 18. The van der Waals surface area contributed by atoms with Crippen LogP contribution in [0.15, 0.2) is 313 Å². The fourth-order valence-electron chi connectivity index (χ4n) is 13.4. The molecule has 0 unspecified atom stereocenters. The SMILES string of the molecule is Cc1cccc(CC(=O)c2cc(Oc3cccnc3)ccn2)c1.Cc1cccc(CC(=O)c2cc(Oc3cncnc3)ccn2)n1.Cc1cnc(CC(=O)c2cc(Oc3cncnc3)ccn2)cc1C.Cn1ccc(CC(=O)c2cc(Oc3cccnc3)ccn2)n1.O=C(CC1CCC1)c1cc(Oc2cccnc2)ccn1.O=C(CC1CCCC1)c1cc(Oc2cccnc2)ccn1. The molecule has 30 heteroatoms. The maximum absolute atomic E-state index is 12.4. The van der Waals surface area contributed by atoms with E-state index in [1.807, 2.05) is 114 Å². The molecule has 15 heterocycles. The van der Waals surface area contributed by atoms with Gasteiger partial charge in [0.25, 0.3) is 0 Å². The van der Waals surface area contributed by atoms with Gasteiger partial charge in [-0.05, 0) is 165 Å². The molecule has 2 saturated carbocycles. The van der Waals surface area contributed by atoms with Crippen molar-refractivity contribution in [1.82, 2.24) is 89.5 Å². The molecule has 0 radical (unpaired) electrons. The van der Waals surface area contributed by atoms with Crippen molar-refractivity contribution in [1.29, 1.82) is 0 Å². The number of aryl methyl sites for hydroxylation is 5. The Morgan fingerprint density at radius 3 is 1.00 bits per heavy atom. The van der Waals surface area contributed by atoms with Gasteiger partial charge in [-0.1, -0.05) is 80.8 Å². The fraction of sp³-hybridized carbons (Fsp3) is 0.194. The molecule has 30 nitrogen and oxygen atoms in total. The van der Waals surface area contributed by atoms with Gasteiger partial charge in [-0.3, -0.25) is 93.3 Å². The molecular weight excluding hydrogens is 1680 g/mol. The summed E-state index contributed by atoms with van der Waals surface area (Å²) in [5.74, 6) is 7.83. The predicted octanol–water partition coefficient (Wildman–Crippen LogP) is 20.0. The van der Waals surface area contributed by atoms with Crippen LogP contribution >= 0.6 is 0 Å². The zero-order valence-electron chi connectivity index (χ0n) is 73.7. The second-order valence-corrected chi connectivity index (χ2v) is 30.9. The normalized spacial score (nSPS) is 11.7. The van der Waals surface area contributed by atoms with Gasteiger partial charge in [-0.15, -0.1) is 0 Å². The Balaban J connectivity index is 0.000000136. The summed E-state index contributed by atoms with van der Waals surface area (Å²) in [5, 5.41) is 4.19. The van der Waals surface area contributed by atoms with Crippen molar-refractivity contribution in [3.63, 3.8) is 0 Å². The van der Waals surface area contributed by atoms with E-state index in [1.165, 1.54) is 38.1 Å². The lowest BCUT2D eigenvalue weighted by Crippen LogP contribution is -2.16. The highest BCUT2D eigenvalue weighted by atomic mass is 16.5. The third-order valence-electron chi connectivity index (χ3n) is 20.4. The summed E-state index contributed by atoms with van der Waals surface area (Å²) in [6, 6.07) is 51.9. The lowest BCUT2D eigenvalue weighted by Gasteiger charge is -2.24. The Bertz CT molecular complexity index is 6370. The van der Waals surface area contributed by atoms with E-state index in [1.54, 1.807) is 219 Å². The molecule has 2 fully saturated rings. The molecule has 15 aromatic heterocycles. The number of benzene rings is 1. The van der Waals surface area contributed by atoms with Crippen molar-refractivity contribution in [2.75, 3.05) is 0 Å². The van der Waals surface area contributed by atoms with Crippen LogP contribution in [0.3, 0.4) is 0 Å². The van der Waals surface area contributed by atoms with Crippen molar-refractivity contribution in [2.45, 2.75) is 111 Å². The Hall–Kier alpha value is -16.8. The average molecular weight is 1780 g/mol. The van der Waals surface area contributed by atoms with Gasteiger partial charge in [-0.2, -0.15) is 5.10 Å². The molecule has 0 saturated heterocycles. The number of carbonyl (C=O) groups is 6. The van der Waals surface area contributed by atoms with E-state index in [0.717, 1.165) is 65.0 Å². The van der Waals surface area contributed by atoms with Gasteiger partial charge in [0, 0.05) is 154 Å². The lowest BCUT2D eigenvalue weighted by atomic mass is 9.81. The van der Waals surface area contributed by atoms with Crippen LogP contribution in [0.25, 0.3) is 0 Å². The summed E-state index contributed by atoms with van der Waals surface area (Å²) in [5.41, 5.74) is 9.78. The van der Waals surface area contributed by atoms with E-state index >= 15 is 0 Å². The number of carbonyl (C=O) groups excluding carboxylic acids is 6. The highest BCUT2D eigenvalue weighted by Crippen LogP contribution is 2.33. The second-order valence-electron chi connectivity index (χ2n) is 30.9. The first-order valence-electron chi connectivity index (χ1n) is 42.9. The van der Waals surface area contributed by atoms with Gasteiger partial charge in [0.15, 0.2) is 46.2 Å². The van der Waals surface area contributed by atoms with Crippen molar-refractivity contribution in [3.05, 3.63) is 392 Å². The average Bonchev–Trinajstić information content (AvgIpc) is 1.69. The van der Waals surface area contributed by atoms with Crippen LogP contribution in [0.1, 0.15) is 166 Å². The van der Waals surface area contributed by atoms with Crippen molar-refractivity contribution in [2.24, 2.45) is 18.9 Å². The summed E-state index contributed by atoms with van der Waals surface area (Å²) in [6.07, 6.45) is 45.8. The quantitative estimate of drug-likeness (QED) is 0.0377. The molecule has 0 N–H and O–H groups in total. The Labute approximate surface area is 768 Å². The van der Waals surface area contributed by atoms with E-state index in [0.29, 0.717) is 140 Å². The summed E-state index contributed by atoms with van der Waals surface area (Å²) >= 11 is 0. The topological polar surface area (TPSA) is 382 Å². The van der Waals surface area contributed by atoms with E-state index in [4.69, 9.17) is 28.4 Å². The Morgan fingerprint density at radius 2 is 0.654 bits per heavy atom. The molecule has 2 aliphatic carbocycles. The van der Waals surface area contributed by atoms with Crippen molar-refractivity contribution in [3.8, 4) is 69.0 Å².